The Balaban J connectivity index is 2.35. The lowest BCUT2D eigenvalue weighted by Crippen LogP contribution is -2.40. The van der Waals surface area contributed by atoms with Crippen LogP contribution in [-0.2, 0) is 15.0 Å². The quantitative estimate of drug-likeness (QED) is 0.390. The Kier molecular flexibility index (Phi) is 7.35. The van der Waals surface area contributed by atoms with E-state index in [2.05, 4.69) is 5.32 Å². The van der Waals surface area contributed by atoms with Crippen LogP contribution in [0, 0.1) is 0 Å². The van der Waals surface area contributed by atoms with Gasteiger partial charge in [0.15, 0.2) is 0 Å². The molecule has 0 fully saturated rings. The fraction of sp³-hybridized carbons (Fsp3) is 0.500. The topological polar surface area (TPSA) is 78.4 Å². The largest absolute Gasteiger partial charge is 0.355 e. The Morgan fingerprint density at radius 2 is 1.77 bits per heavy atom. The van der Waals surface area contributed by atoms with Crippen LogP contribution in [0.4, 0.5) is 0 Å². The first-order valence-corrected chi connectivity index (χ1v) is 7.73. The highest BCUT2D eigenvalue weighted by Gasteiger charge is 2.29. The Hall–Kier alpha value is -1.59. The number of nitrogens with one attached hydrogen (secondary N) is 2. The van der Waals surface area contributed by atoms with Crippen LogP contribution < -0.4 is 10.8 Å². The number of rotatable bonds is 8. The summed E-state index contributed by atoms with van der Waals surface area (Å²) in [5.74, 6) is -0.421. The number of benzene rings is 1. The van der Waals surface area contributed by atoms with Crippen LogP contribution in [0.25, 0.3) is 0 Å². The van der Waals surface area contributed by atoms with E-state index in [9.17, 15) is 9.59 Å². The molecule has 0 radical (unpaired) electrons. The van der Waals surface area contributed by atoms with Gasteiger partial charge in [0.05, 0.1) is 5.41 Å². The van der Waals surface area contributed by atoms with Crippen molar-refractivity contribution >= 4 is 23.4 Å². The Morgan fingerprint density at radius 3 is 2.36 bits per heavy atom. The van der Waals surface area contributed by atoms with Gasteiger partial charge in [-0.15, -0.1) is 0 Å². The van der Waals surface area contributed by atoms with E-state index in [-0.39, 0.29) is 11.8 Å². The minimum Gasteiger partial charge on any atom is -0.355 e. The van der Waals surface area contributed by atoms with Crippen molar-refractivity contribution in [2.24, 2.45) is 0 Å². The Labute approximate surface area is 136 Å². The van der Waals surface area contributed by atoms with E-state index in [0.717, 1.165) is 18.4 Å². The average Bonchev–Trinajstić information content (AvgIpc) is 2.50. The summed E-state index contributed by atoms with van der Waals surface area (Å²) in [7, 11) is 0. The van der Waals surface area contributed by atoms with Gasteiger partial charge in [0.25, 0.3) is 0 Å². The van der Waals surface area contributed by atoms with Crippen LogP contribution in [0.2, 0.25) is 5.02 Å². The molecule has 6 heteroatoms. The van der Waals surface area contributed by atoms with Crippen molar-refractivity contribution in [2.45, 2.75) is 44.9 Å². The average molecular weight is 327 g/mol. The van der Waals surface area contributed by atoms with Crippen molar-refractivity contribution in [1.82, 2.24) is 10.8 Å². The second-order valence-corrected chi connectivity index (χ2v) is 6.17. The maximum absolute atomic E-state index is 12.3. The summed E-state index contributed by atoms with van der Waals surface area (Å²) in [5.41, 5.74) is 1.89. The van der Waals surface area contributed by atoms with E-state index in [1.807, 2.05) is 26.0 Å². The van der Waals surface area contributed by atoms with Crippen LogP contribution >= 0.6 is 11.6 Å². The number of carbonyl (C=O) groups is 2. The lowest BCUT2D eigenvalue weighted by Gasteiger charge is -2.24. The fourth-order valence-corrected chi connectivity index (χ4v) is 2.19. The first-order valence-electron chi connectivity index (χ1n) is 7.35. The summed E-state index contributed by atoms with van der Waals surface area (Å²) in [4.78, 5) is 23.1. The van der Waals surface area contributed by atoms with Gasteiger partial charge in [-0.25, -0.2) is 5.48 Å². The molecule has 0 atom stereocenters. The third kappa shape index (κ3) is 5.66. The Morgan fingerprint density at radius 1 is 1.14 bits per heavy atom. The van der Waals surface area contributed by atoms with Crippen LogP contribution in [0.3, 0.4) is 0 Å². The third-order valence-electron chi connectivity index (χ3n) is 3.62. The lowest BCUT2D eigenvalue weighted by atomic mass is 9.84. The molecule has 1 rings (SSSR count). The maximum Gasteiger partial charge on any atom is 0.243 e. The molecular formula is C16H23ClN2O3. The van der Waals surface area contributed by atoms with Crippen molar-refractivity contribution in [2.75, 3.05) is 6.54 Å². The molecule has 122 valence electrons. The summed E-state index contributed by atoms with van der Waals surface area (Å²) in [6.45, 7) is 4.31. The summed E-state index contributed by atoms with van der Waals surface area (Å²) < 4.78 is 0. The van der Waals surface area contributed by atoms with E-state index >= 15 is 0 Å². The minimum atomic E-state index is -0.624. The molecule has 2 amide bonds. The molecule has 1 aromatic rings. The molecule has 0 aromatic heterocycles. The monoisotopic (exact) mass is 326 g/mol. The number of amides is 2. The molecule has 22 heavy (non-hydrogen) atoms. The highest BCUT2D eigenvalue weighted by molar-refractivity contribution is 6.30. The van der Waals surface area contributed by atoms with Gasteiger partial charge in [0.2, 0.25) is 11.8 Å². The molecule has 5 nitrogen and oxygen atoms in total. The summed E-state index contributed by atoms with van der Waals surface area (Å²) in [6.07, 6.45) is 2.58. The summed E-state index contributed by atoms with van der Waals surface area (Å²) in [6, 6.07) is 7.26. The van der Waals surface area contributed by atoms with Gasteiger partial charge in [-0.2, -0.15) is 0 Å². The van der Waals surface area contributed by atoms with Crippen LogP contribution in [0.1, 0.15) is 45.1 Å². The molecular weight excluding hydrogens is 304 g/mol. The SMILES string of the molecule is CC(C)(C(=O)NCCCCCC(=O)NO)c1ccc(Cl)cc1. The van der Waals surface area contributed by atoms with Crippen molar-refractivity contribution in [1.29, 1.82) is 0 Å². The van der Waals surface area contributed by atoms with Gasteiger partial charge in [-0.1, -0.05) is 30.2 Å². The second kappa shape index (κ2) is 8.76. The van der Waals surface area contributed by atoms with Gasteiger partial charge in [0, 0.05) is 18.0 Å². The zero-order valence-corrected chi connectivity index (χ0v) is 13.7. The van der Waals surface area contributed by atoms with E-state index in [1.165, 1.54) is 0 Å². The van der Waals surface area contributed by atoms with E-state index in [4.69, 9.17) is 16.8 Å². The molecule has 1 aromatic carbocycles. The van der Waals surface area contributed by atoms with E-state index in [0.29, 0.717) is 24.4 Å². The molecule has 0 heterocycles. The molecule has 3 N–H and O–H groups in total. The third-order valence-corrected chi connectivity index (χ3v) is 3.88. The van der Waals surface area contributed by atoms with Gasteiger partial charge >= 0.3 is 0 Å². The van der Waals surface area contributed by atoms with Crippen molar-refractivity contribution in [3.63, 3.8) is 0 Å². The fourth-order valence-electron chi connectivity index (χ4n) is 2.06. The Bertz CT molecular complexity index is 501. The number of hydrogen-bond acceptors (Lipinski definition) is 3. The molecule has 0 saturated heterocycles. The molecule has 0 saturated carbocycles. The molecule has 0 aliphatic heterocycles. The lowest BCUT2D eigenvalue weighted by molar-refractivity contribution is -0.129. The summed E-state index contributed by atoms with van der Waals surface area (Å²) >= 11 is 5.86. The first-order chi connectivity index (χ1) is 10.4. The first kappa shape index (κ1) is 18.5. The van der Waals surface area contributed by atoms with Crippen molar-refractivity contribution in [3.05, 3.63) is 34.9 Å². The number of unbranched alkanes of at least 4 members (excludes halogenated alkanes) is 2. The summed E-state index contributed by atoms with van der Waals surface area (Å²) in [5, 5.41) is 11.9. The van der Waals surface area contributed by atoms with Gasteiger partial charge in [-0.3, -0.25) is 14.8 Å². The second-order valence-electron chi connectivity index (χ2n) is 5.73. The van der Waals surface area contributed by atoms with Crippen molar-refractivity contribution in [3.8, 4) is 0 Å². The molecule has 0 aliphatic rings. The van der Waals surface area contributed by atoms with Gasteiger partial charge < -0.3 is 5.32 Å². The highest BCUT2D eigenvalue weighted by Crippen LogP contribution is 2.24. The zero-order chi connectivity index (χ0) is 16.6. The molecule has 0 bridgehead atoms. The number of carbonyl (C=O) groups excluding carboxylic acids is 2. The van der Waals surface area contributed by atoms with Gasteiger partial charge in [0.1, 0.15) is 0 Å². The predicted octanol–water partition coefficient (Wildman–Crippen LogP) is 2.80. The highest BCUT2D eigenvalue weighted by atomic mass is 35.5. The standard InChI is InChI=1S/C16H23ClN2O3/c1-16(2,12-7-9-13(17)10-8-12)15(21)18-11-5-3-4-6-14(20)19-22/h7-10,22H,3-6,11H2,1-2H3,(H,18,21)(H,19,20). The molecule has 0 unspecified atom stereocenters. The normalized spacial score (nSPS) is 11.1. The predicted molar refractivity (Wildman–Crippen MR) is 85.9 cm³/mol. The smallest absolute Gasteiger partial charge is 0.243 e. The van der Waals surface area contributed by atoms with Crippen LogP contribution in [0.15, 0.2) is 24.3 Å². The zero-order valence-electron chi connectivity index (χ0n) is 13.0. The van der Waals surface area contributed by atoms with Gasteiger partial charge in [-0.05, 0) is 44.4 Å². The van der Waals surface area contributed by atoms with E-state index in [1.54, 1.807) is 17.6 Å². The molecule has 0 spiro atoms. The minimum absolute atomic E-state index is 0.0390. The van der Waals surface area contributed by atoms with Crippen LogP contribution in [-0.4, -0.2) is 23.6 Å². The number of hydrogen-bond donors (Lipinski definition) is 3. The van der Waals surface area contributed by atoms with E-state index < -0.39 is 5.41 Å². The maximum atomic E-state index is 12.3. The number of halogens is 1. The van der Waals surface area contributed by atoms with Crippen LogP contribution in [0.5, 0.6) is 0 Å². The molecule has 0 aliphatic carbocycles. The van der Waals surface area contributed by atoms with Crippen molar-refractivity contribution < 1.29 is 14.8 Å². The number of hydroxylamine groups is 1.